The summed E-state index contributed by atoms with van der Waals surface area (Å²) in [5.74, 6) is -0.353. The average Bonchev–Trinajstić information content (AvgIpc) is 3.23. The molecule has 1 amide bonds. The van der Waals surface area contributed by atoms with Crippen LogP contribution < -0.4 is 9.62 Å². The van der Waals surface area contributed by atoms with Gasteiger partial charge in [-0.15, -0.1) is 0 Å². The third-order valence-electron chi connectivity index (χ3n) is 4.19. The van der Waals surface area contributed by atoms with Gasteiger partial charge < -0.3 is 9.88 Å². The molecule has 128 valence electrons. The lowest BCUT2D eigenvalue weighted by molar-refractivity contribution is -0.123. The number of amides is 1. The van der Waals surface area contributed by atoms with Gasteiger partial charge in [-0.05, 0) is 25.0 Å². The van der Waals surface area contributed by atoms with Gasteiger partial charge in [0.25, 0.3) is 0 Å². The third-order valence-corrected chi connectivity index (χ3v) is 5.96. The summed E-state index contributed by atoms with van der Waals surface area (Å²) in [6.07, 6.45) is 5.57. The highest BCUT2D eigenvalue weighted by atomic mass is 32.2. The van der Waals surface area contributed by atoms with Gasteiger partial charge in [-0.25, -0.2) is 13.4 Å². The maximum atomic E-state index is 12.5. The Kier molecular flexibility index (Phi) is 4.57. The normalized spacial score (nSPS) is 15.1. The number of anilines is 1. The van der Waals surface area contributed by atoms with Crippen LogP contribution in [-0.2, 0) is 21.2 Å². The fraction of sp³-hybridized carbons (Fsp3) is 0.375. The van der Waals surface area contributed by atoms with Gasteiger partial charge in [0.1, 0.15) is 6.04 Å². The Bertz CT molecular complexity index is 818. The van der Waals surface area contributed by atoms with E-state index in [-0.39, 0.29) is 18.2 Å². The van der Waals surface area contributed by atoms with Crippen LogP contribution in [0.4, 0.5) is 5.69 Å². The van der Waals surface area contributed by atoms with Gasteiger partial charge in [0.15, 0.2) is 0 Å². The number of nitrogens with one attached hydrogen (secondary N) is 1. The van der Waals surface area contributed by atoms with Gasteiger partial charge in [0.05, 0.1) is 17.8 Å². The first-order valence-electron chi connectivity index (χ1n) is 7.82. The van der Waals surface area contributed by atoms with Gasteiger partial charge in [-0.1, -0.05) is 18.2 Å². The van der Waals surface area contributed by atoms with Crippen LogP contribution in [0.2, 0.25) is 0 Å². The minimum Gasteiger partial charge on any atom is -0.353 e. The fourth-order valence-corrected chi connectivity index (χ4v) is 4.22. The maximum absolute atomic E-state index is 12.5. The zero-order valence-corrected chi connectivity index (χ0v) is 14.2. The van der Waals surface area contributed by atoms with Crippen LogP contribution in [0, 0.1) is 0 Å². The van der Waals surface area contributed by atoms with E-state index >= 15 is 0 Å². The van der Waals surface area contributed by atoms with Crippen LogP contribution >= 0.6 is 0 Å². The van der Waals surface area contributed by atoms with Crippen molar-refractivity contribution in [3.63, 3.8) is 0 Å². The molecule has 0 radical (unpaired) electrons. The molecule has 1 N–H and O–H groups in total. The molecule has 0 aliphatic carbocycles. The van der Waals surface area contributed by atoms with Gasteiger partial charge in [-0.2, -0.15) is 0 Å². The fourth-order valence-electron chi connectivity index (χ4n) is 2.79. The highest BCUT2D eigenvalue weighted by Crippen LogP contribution is 2.29. The Morgan fingerprint density at radius 3 is 2.92 bits per heavy atom. The molecule has 1 aromatic heterocycles. The lowest BCUT2D eigenvalue weighted by Gasteiger charge is -2.20. The van der Waals surface area contributed by atoms with Crippen molar-refractivity contribution >= 4 is 21.6 Å². The van der Waals surface area contributed by atoms with Gasteiger partial charge in [0, 0.05) is 25.5 Å². The van der Waals surface area contributed by atoms with E-state index < -0.39 is 16.1 Å². The number of benzene rings is 1. The molecule has 1 aliphatic heterocycles. The molecule has 0 saturated heterocycles. The van der Waals surface area contributed by atoms with Gasteiger partial charge >= 0.3 is 0 Å². The summed E-state index contributed by atoms with van der Waals surface area (Å²) in [4.78, 5) is 16.0. The van der Waals surface area contributed by atoms with Crippen molar-refractivity contribution in [3.05, 3.63) is 48.5 Å². The van der Waals surface area contributed by atoms with Crippen molar-refractivity contribution in [2.75, 3.05) is 23.1 Å². The zero-order valence-electron chi connectivity index (χ0n) is 13.4. The predicted molar refractivity (Wildman–Crippen MR) is 91.2 cm³/mol. The van der Waals surface area contributed by atoms with Crippen molar-refractivity contribution in [2.45, 2.75) is 19.4 Å². The second kappa shape index (κ2) is 6.64. The standard InChI is InChI=1S/C16H20N4O3S/c1-13(19-10-7-17-12-19)16(21)18-8-11-24(22,23)20-9-6-14-4-2-3-5-15(14)20/h2-5,7,10,12-13H,6,8-9,11H2,1H3,(H,18,21)/t13-/m0/s1. The number of imidazole rings is 1. The highest BCUT2D eigenvalue weighted by Gasteiger charge is 2.28. The molecule has 7 nitrogen and oxygen atoms in total. The van der Waals surface area contributed by atoms with E-state index in [4.69, 9.17) is 0 Å². The Hall–Kier alpha value is -2.35. The number of hydrogen-bond acceptors (Lipinski definition) is 4. The Labute approximate surface area is 141 Å². The maximum Gasteiger partial charge on any atom is 0.242 e. The van der Waals surface area contributed by atoms with Crippen molar-refractivity contribution in [3.8, 4) is 0 Å². The Morgan fingerprint density at radius 1 is 1.38 bits per heavy atom. The first-order valence-corrected chi connectivity index (χ1v) is 9.43. The van der Waals surface area contributed by atoms with Crippen LogP contribution in [0.25, 0.3) is 0 Å². The Morgan fingerprint density at radius 2 is 2.17 bits per heavy atom. The van der Waals surface area contributed by atoms with E-state index in [1.807, 2.05) is 24.3 Å². The molecule has 2 aromatic rings. The molecule has 0 fully saturated rings. The number of aromatic nitrogens is 2. The molecule has 0 unspecified atom stereocenters. The van der Waals surface area contributed by atoms with E-state index in [9.17, 15) is 13.2 Å². The highest BCUT2D eigenvalue weighted by molar-refractivity contribution is 7.92. The van der Waals surface area contributed by atoms with Crippen LogP contribution in [0.15, 0.2) is 43.0 Å². The second-order valence-corrected chi connectivity index (χ2v) is 7.76. The van der Waals surface area contributed by atoms with E-state index in [0.717, 1.165) is 17.7 Å². The summed E-state index contributed by atoms with van der Waals surface area (Å²) in [6.45, 7) is 2.28. The number of carbonyl (C=O) groups excluding carboxylic acids is 1. The summed E-state index contributed by atoms with van der Waals surface area (Å²) < 4.78 is 28.2. The predicted octanol–water partition coefficient (Wildman–Crippen LogP) is 0.953. The molecular formula is C16H20N4O3S. The minimum atomic E-state index is -3.45. The smallest absolute Gasteiger partial charge is 0.242 e. The quantitative estimate of drug-likeness (QED) is 0.842. The monoisotopic (exact) mass is 348 g/mol. The number of nitrogens with zero attached hydrogens (tertiary/aromatic N) is 3. The lowest BCUT2D eigenvalue weighted by Crippen LogP contribution is -2.38. The lowest BCUT2D eigenvalue weighted by atomic mass is 10.2. The average molecular weight is 348 g/mol. The molecule has 8 heteroatoms. The van der Waals surface area contributed by atoms with E-state index in [2.05, 4.69) is 10.3 Å². The van der Waals surface area contributed by atoms with Crippen LogP contribution in [0.3, 0.4) is 0 Å². The zero-order chi connectivity index (χ0) is 17.2. The number of fused-ring (bicyclic) bond motifs is 1. The summed E-state index contributed by atoms with van der Waals surface area (Å²) in [5.41, 5.74) is 1.79. The summed E-state index contributed by atoms with van der Waals surface area (Å²) in [7, 11) is -3.45. The van der Waals surface area contributed by atoms with E-state index in [1.54, 1.807) is 30.2 Å². The van der Waals surface area contributed by atoms with Crippen molar-refractivity contribution in [1.82, 2.24) is 14.9 Å². The minimum absolute atomic E-state index is 0.0822. The molecule has 24 heavy (non-hydrogen) atoms. The molecule has 3 rings (SSSR count). The molecule has 1 aromatic carbocycles. The van der Waals surface area contributed by atoms with E-state index in [1.165, 1.54) is 4.31 Å². The molecule has 0 saturated carbocycles. The number of rotatable bonds is 6. The number of hydrogen-bond donors (Lipinski definition) is 1. The summed E-state index contributed by atoms with van der Waals surface area (Å²) >= 11 is 0. The summed E-state index contributed by atoms with van der Waals surface area (Å²) in [5, 5.41) is 2.68. The number of carbonyl (C=O) groups is 1. The molecule has 2 heterocycles. The van der Waals surface area contributed by atoms with Crippen molar-refractivity contribution in [1.29, 1.82) is 0 Å². The first-order chi connectivity index (χ1) is 11.5. The van der Waals surface area contributed by atoms with Crippen molar-refractivity contribution < 1.29 is 13.2 Å². The third kappa shape index (κ3) is 3.28. The molecule has 0 bridgehead atoms. The number of sulfonamides is 1. The Balaban J connectivity index is 1.58. The number of para-hydroxylation sites is 1. The molecule has 0 spiro atoms. The molecule has 1 atom stereocenters. The van der Waals surface area contributed by atoms with Crippen LogP contribution in [0.5, 0.6) is 0 Å². The van der Waals surface area contributed by atoms with Gasteiger partial charge in [-0.3, -0.25) is 9.10 Å². The van der Waals surface area contributed by atoms with E-state index in [0.29, 0.717) is 6.54 Å². The molecular weight excluding hydrogens is 328 g/mol. The van der Waals surface area contributed by atoms with Crippen LogP contribution in [-0.4, -0.2) is 42.7 Å². The topological polar surface area (TPSA) is 84.3 Å². The summed E-state index contributed by atoms with van der Waals surface area (Å²) in [6, 6.07) is 7.08. The van der Waals surface area contributed by atoms with Crippen molar-refractivity contribution in [2.24, 2.45) is 0 Å². The second-order valence-electron chi connectivity index (χ2n) is 5.74. The van der Waals surface area contributed by atoms with Crippen LogP contribution in [0.1, 0.15) is 18.5 Å². The largest absolute Gasteiger partial charge is 0.353 e. The first kappa shape index (κ1) is 16.5. The van der Waals surface area contributed by atoms with Gasteiger partial charge in [0.2, 0.25) is 15.9 Å². The SMILES string of the molecule is C[C@@H](C(=O)NCCS(=O)(=O)N1CCc2ccccc21)n1ccnc1. The molecule has 1 aliphatic rings.